The van der Waals surface area contributed by atoms with Crippen LogP contribution in [0.2, 0.25) is 0 Å². The highest BCUT2D eigenvalue weighted by atomic mass is 15.1. The van der Waals surface area contributed by atoms with Crippen LogP contribution in [0.4, 0.5) is 5.69 Å². The van der Waals surface area contributed by atoms with Crippen LogP contribution in [0.5, 0.6) is 0 Å². The van der Waals surface area contributed by atoms with Crippen LogP contribution < -0.4 is 10.2 Å². The Morgan fingerprint density at radius 3 is 2.95 bits per heavy atom. The van der Waals surface area contributed by atoms with Gasteiger partial charge in [0.25, 0.3) is 0 Å². The molecule has 1 N–H and O–H groups in total. The maximum Gasteiger partial charge on any atom is 0.0444 e. The Labute approximate surface area is 120 Å². The fourth-order valence-electron chi connectivity index (χ4n) is 3.02. The minimum atomic E-state index is 0.470. The number of fused-ring (bicyclic) bond motifs is 1. The zero-order chi connectivity index (χ0) is 13.9. The van der Waals surface area contributed by atoms with Gasteiger partial charge in [0.15, 0.2) is 0 Å². The third-order valence-electron chi connectivity index (χ3n) is 3.99. The van der Waals surface area contributed by atoms with Gasteiger partial charge in [-0.15, -0.1) is 0 Å². The highest BCUT2D eigenvalue weighted by Crippen LogP contribution is 2.34. The summed E-state index contributed by atoms with van der Waals surface area (Å²) in [7, 11) is 2.04. The summed E-state index contributed by atoms with van der Waals surface area (Å²) in [5.74, 6) is 0. The van der Waals surface area contributed by atoms with Crippen LogP contribution in [0.3, 0.4) is 0 Å². The van der Waals surface area contributed by atoms with Gasteiger partial charge in [-0.1, -0.05) is 24.3 Å². The fourth-order valence-corrected chi connectivity index (χ4v) is 3.02. The van der Waals surface area contributed by atoms with E-state index in [1.807, 2.05) is 19.4 Å². The van der Waals surface area contributed by atoms with Crippen molar-refractivity contribution < 1.29 is 0 Å². The van der Waals surface area contributed by atoms with Crippen LogP contribution in [0.25, 0.3) is 0 Å². The van der Waals surface area contributed by atoms with Crippen molar-refractivity contribution >= 4 is 5.69 Å². The first kappa shape index (κ1) is 13.1. The average molecular weight is 267 g/mol. The molecule has 2 heterocycles. The second-order valence-electron chi connectivity index (χ2n) is 5.48. The lowest BCUT2D eigenvalue weighted by atomic mass is 9.96. The lowest BCUT2D eigenvalue weighted by molar-refractivity contribution is 0.516. The number of benzene rings is 1. The van der Waals surface area contributed by atoms with Gasteiger partial charge in [-0.3, -0.25) is 4.98 Å². The van der Waals surface area contributed by atoms with Crippen molar-refractivity contribution in [1.82, 2.24) is 10.3 Å². The summed E-state index contributed by atoms with van der Waals surface area (Å²) in [5, 5.41) is 3.41. The molecule has 1 unspecified atom stereocenters. The molecular weight excluding hydrogens is 246 g/mol. The van der Waals surface area contributed by atoms with E-state index in [4.69, 9.17) is 0 Å². The first-order valence-electron chi connectivity index (χ1n) is 7.19. The van der Waals surface area contributed by atoms with Gasteiger partial charge in [-0.2, -0.15) is 0 Å². The summed E-state index contributed by atoms with van der Waals surface area (Å²) in [6.45, 7) is 4.11. The Hall–Kier alpha value is -1.87. The summed E-state index contributed by atoms with van der Waals surface area (Å²) in [6, 6.07) is 11.4. The molecule has 20 heavy (non-hydrogen) atoms. The molecule has 0 bridgehead atoms. The molecule has 104 valence electrons. The van der Waals surface area contributed by atoms with Gasteiger partial charge in [-0.25, -0.2) is 0 Å². The molecule has 3 rings (SSSR count). The summed E-state index contributed by atoms with van der Waals surface area (Å²) in [4.78, 5) is 6.76. The SMILES string of the molecule is CNC1CCN(Cc2cncc(C)c2)c2ccccc21. The number of aryl methyl sites for hydroxylation is 1. The number of aromatic nitrogens is 1. The van der Waals surface area contributed by atoms with E-state index in [0.29, 0.717) is 6.04 Å². The lowest BCUT2D eigenvalue weighted by Crippen LogP contribution is -2.34. The Balaban J connectivity index is 1.88. The summed E-state index contributed by atoms with van der Waals surface area (Å²) < 4.78 is 0. The normalized spacial score (nSPS) is 17.9. The van der Waals surface area contributed by atoms with Gasteiger partial charge in [0, 0.05) is 37.2 Å². The lowest BCUT2D eigenvalue weighted by Gasteiger charge is -2.35. The molecule has 0 aliphatic carbocycles. The molecule has 0 saturated heterocycles. The van der Waals surface area contributed by atoms with Crippen molar-refractivity contribution in [3.63, 3.8) is 0 Å². The average Bonchev–Trinajstić information content (AvgIpc) is 2.48. The standard InChI is InChI=1S/C17H21N3/c1-13-9-14(11-19-10-13)12-20-8-7-16(18-2)15-5-3-4-6-17(15)20/h3-6,9-11,16,18H,7-8,12H2,1-2H3. The minimum Gasteiger partial charge on any atom is -0.367 e. The number of hydrogen-bond donors (Lipinski definition) is 1. The highest BCUT2D eigenvalue weighted by molar-refractivity contribution is 5.57. The maximum atomic E-state index is 4.30. The van der Waals surface area contributed by atoms with E-state index in [2.05, 4.69) is 52.5 Å². The van der Waals surface area contributed by atoms with E-state index in [0.717, 1.165) is 19.5 Å². The van der Waals surface area contributed by atoms with Gasteiger partial charge in [0.05, 0.1) is 0 Å². The van der Waals surface area contributed by atoms with Crippen LogP contribution >= 0.6 is 0 Å². The van der Waals surface area contributed by atoms with Gasteiger partial charge in [0.1, 0.15) is 0 Å². The summed E-state index contributed by atoms with van der Waals surface area (Å²) >= 11 is 0. The maximum absolute atomic E-state index is 4.30. The third kappa shape index (κ3) is 2.54. The highest BCUT2D eigenvalue weighted by Gasteiger charge is 2.23. The largest absolute Gasteiger partial charge is 0.367 e. The predicted octanol–water partition coefficient (Wildman–Crippen LogP) is 3.06. The van der Waals surface area contributed by atoms with E-state index in [1.165, 1.54) is 22.4 Å². The second-order valence-corrected chi connectivity index (χ2v) is 5.48. The number of para-hydroxylation sites is 1. The third-order valence-corrected chi connectivity index (χ3v) is 3.99. The zero-order valence-electron chi connectivity index (χ0n) is 12.1. The van der Waals surface area contributed by atoms with E-state index in [-0.39, 0.29) is 0 Å². The van der Waals surface area contributed by atoms with Gasteiger partial charge in [0.2, 0.25) is 0 Å². The predicted molar refractivity (Wildman–Crippen MR) is 82.9 cm³/mol. The molecule has 3 nitrogen and oxygen atoms in total. The van der Waals surface area contributed by atoms with Crippen LogP contribution in [-0.4, -0.2) is 18.6 Å². The van der Waals surface area contributed by atoms with Crippen LogP contribution in [0.15, 0.2) is 42.7 Å². The molecule has 1 aromatic carbocycles. The minimum absolute atomic E-state index is 0.470. The summed E-state index contributed by atoms with van der Waals surface area (Å²) in [5.41, 5.74) is 5.25. The quantitative estimate of drug-likeness (QED) is 0.926. The molecule has 0 fully saturated rings. The molecule has 1 aromatic heterocycles. The molecule has 1 aliphatic rings. The number of anilines is 1. The van der Waals surface area contributed by atoms with E-state index >= 15 is 0 Å². The molecule has 3 heteroatoms. The van der Waals surface area contributed by atoms with Gasteiger partial charge >= 0.3 is 0 Å². The number of nitrogens with one attached hydrogen (secondary N) is 1. The second kappa shape index (κ2) is 5.63. The van der Waals surface area contributed by atoms with Crippen molar-refractivity contribution in [2.24, 2.45) is 0 Å². The molecule has 2 aromatic rings. The van der Waals surface area contributed by atoms with Gasteiger partial charge in [-0.05, 0) is 43.1 Å². The van der Waals surface area contributed by atoms with Crippen LogP contribution in [-0.2, 0) is 6.54 Å². The molecule has 0 saturated carbocycles. The topological polar surface area (TPSA) is 28.2 Å². The first-order valence-corrected chi connectivity index (χ1v) is 7.19. The Kier molecular flexibility index (Phi) is 3.70. The smallest absolute Gasteiger partial charge is 0.0444 e. The molecule has 1 aliphatic heterocycles. The number of rotatable bonds is 3. The van der Waals surface area contributed by atoms with Gasteiger partial charge < -0.3 is 10.2 Å². The fraction of sp³-hybridized carbons (Fsp3) is 0.353. The Morgan fingerprint density at radius 2 is 2.15 bits per heavy atom. The number of hydrogen-bond acceptors (Lipinski definition) is 3. The molecule has 1 atom stereocenters. The molecule has 0 spiro atoms. The van der Waals surface area contributed by atoms with Crippen molar-refractivity contribution in [2.75, 3.05) is 18.5 Å². The number of pyridine rings is 1. The van der Waals surface area contributed by atoms with Crippen molar-refractivity contribution in [3.8, 4) is 0 Å². The van der Waals surface area contributed by atoms with Crippen LogP contribution in [0, 0.1) is 6.92 Å². The Morgan fingerprint density at radius 1 is 1.30 bits per heavy atom. The first-order chi connectivity index (χ1) is 9.78. The monoisotopic (exact) mass is 267 g/mol. The number of nitrogens with zero attached hydrogens (tertiary/aromatic N) is 2. The zero-order valence-corrected chi connectivity index (χ0v) is 12.1. The van der Waals surface area contributed by atoms with Crippen molar-refractivity contribution in [1.29, 1.82) is 0 Å². The molecule has 0 radical (unpaired) electrons. The summed E-state index contributed by atoms with van der Waals surface area (Å²) in [6.07, 6.45) is 5.03. The van der Waals surface area contributed by atoms with Crippen LogP contribution in [0.1, 0.15) is 29.2 Å². The molecular formula is C17H21N3. The Bertz CT molecular complexity index is 594. The van der Waals surface area contributed by atoms with Crippen molar-refractivity contribution in [2.45, 2.75) is 25.9 Å². The molecule has 0 amide bonds. The van der Waals surface area contributed by atoms with Crippen molar-refractivity contribution in [3.05, 3.63) is 59.4 Å². The van der Waals surface area contributed by atoms with E-state index in [9.17, 15) is 0 Å². The van der Waals surface area contributed by atoms with E-state index in [1.54, 1.807) is 0 Å². The van der Waals surface area contributed by atoms with E-state index < -0.39 is 0 Å².